The molecular formula is C20H17ClN6OS. The maximum absolute atomic E-state index is 12.2. The van der Waals surface area contributed by atoms with Crippen LogP contribution in [-0.4, -0.2) is 36.6 Å². The van der Waals surface area contributed by atoms with E-state index >= 15 is 0 Å². The number of benzene rings is 2. The fourth-order valence-corrected chi connectivity index (χ4v) is 3.72. The molecule has 0 fully saturated rings. The third kappa shape index (κ3) is 4.72. The molecule has 1 amide bonds. The summed E-state index contributed by atoms with van der Waals surface area (Å²) in [6.45, 7) is 0.947. The van der Waals surface area contributed by atoms with Crippen LogP contribution >= 0.6 is 23.4 Å². The van der Waals surface area contributed by atoms with Gasteiger partial charge in [-0.25, -0.2) is 14.6 Å². The van der Waals surface area contributed by atoms with E-state index in [0.29, 0.717) is 34.3 Å². The van der Waals surface area contributed by atoms with Gasteiger partial charge in [0.15, 0.2) is 11.2 Å². The van der Waals surface area contributed by atoms with E-state index in [4.69, 9.17) is 11.6 Å². The Hall–Kier alpha value is -2.97. The SMILES string of the molecule is O=C(CSc1ncnc2c1nnn2Cc1ccccc1)NCc1ccccc1Cl. The summed E-state index contributed by atoms with van der Waals surface area (Å²) < 4.78 is 1.73. The molecule has 2 aromatic carbocycles. The highest BCUT2D eigenvalue weighted by Gasteiger charge is 2.14. The Labute approximate surface area is 176 Å². The number of fused-ring (bicyclic) bond motifs is 1. The highest BCUT2D eigenvalue weighted by Crippen LogP contribution is 2.22. The number of nitrogens with zero attached hydrogens (tertiary/aromatic N) is 5. The lowest BCUT2D eigenvalue weighted by molar-refractivity contribution is -0.118. The maximum Gasteiger partial charge on any atom is 0.230 e. The van der Waals surface area contributed by atoms with Crippen LogP contribution in [0.4, 0.5) is 0 Å². The zero-order valence-electron chi connectivity index (χ0n) is 15.3. The van der Waals surface area contributed by atoms with E-state index in [9.17, 15) is 4.79 Å². The Morgan fingerprint density at radius 2 is 1.86 bits per heavy atom. The average molecular weight is 425 g/mol. The zero-order chi connectivity index (χ0) is 20.1. The summed E-state index contributed by atoms with van der Waals surface area (Å²) in [5, 5.41) is 12.5. The van der Waals surface area contributed by atoms with E-state index in [1.165, 1.54) is 18.1 Å². The molecule has 7 nitrogen and oxygen atoms in total. The van der Waals surface area contributed by atoms with Crippen molar-refractivity contribution in [3.63, 3.8) is 0 Å². The van der Waals surface area contributed by atoms with Gasteiger partial charge >= 0.3 is 0 Å². The van der Waals surface area contributed by atoms with Crippen molar-refractivity contribution >= 4 is 40.4 Å². The Kier molecular flexibility index (Phi) is 6.02. The summed E-state index contributed by atoms with van der Waals surface area (Å²) >= 11 is 7.42. The minimum Gasteiger partial charge on any atom is -0.351 e. The zero-order valence-corrected chi connectivity index (χ0v) is 16.9. The lowest BCUT2D eigenvalue weighted by atomic mass is 10.2. The number of hydrogen-bond acceptors (Lipinski definition) is 6. The van der Waals surface area contributed by atoms with E-state index in [1.54, 1.807) is 10.7 Å². The minimum absolute atomic E-state index is 0.113. The molecule has 0 saturated heterocycles. The molecule has 0 unspecified atom stereocenters. The lowest BCUT2D eigenvalue weighted by Crippen LogP contribution is -2.24. The van der Waals surface area contributed by atoms with Crippen molar-refractivity contribution in [2.45, 2.75) is 18.1 Å². The molecule has 0 atom stereocenters. The molecule has 2 heterocycles. The molecule has 0 saturated carbocycles. The van der Waals surface area contributed by atoms with Gasteiger partial charge in [0.25, 0.3) is 0 Å². The van der Waals surface area contributed by atoms with Crippen LogP contribution in [-0.2, 0) is 17.9 Å². The van der Waals surface area contributed by atoms with E-state index in [1.807, 2.05) is 48.5 Å². The molecule has 0 aliphatic carbocycles. The highest BCUT2D eigenvalue weighted by atomic mass is 35.5. The molecule has 146 valence electrons. The van der Waals surface area contributed by atoms with E-state index < -0.39 is 0 Å². The predicted molar refractivity (Wildman–Crippen MR) is 113 cm³/mol. The number of nitrogens with one attached hydrogen (secondary N) is 1. The van der Waals surface area contributed by atoms with Crippen LogP contribution in [0.2, 0.25) is 5.02 Å². The average Bonchev–Trinajstić information content (AvgIpc) is 3.16. The smallest absolute Gasteiger partial charge is 0.230 e. The van der Waals surface area contributed by atoms with E-state index in [2.05, 4.69) is 25.6 Å². The van der Waals surface area contributed by atoms with Crippen molar-refractivity contribution in [1.29, 1.82) is 0 Å². The number of aromatic nitrogens is 5. The van der Waals surface area contributed by atoms with Gasteiger partial charge in [0.05, 0.1) is 12.3 Å². The number of amides is 1. The maximum atomic E-state index is 12.2. The second-order valence-corrected chi connectivity index (χ2v) is 7.61. The first-order valence-corrected chi connectivity index (χ1v) is 10.3. The summed E-state index contributed by atoms with van der Waals surface area (Å²) in [6, 6.07) is 17.4. The van der Waals surface area contributed by atoms with Crippen molar-refractivity contribution in [2.24, 2.45) is 0 Å². The molecular weight excluding hydrogens is 408 g/mol. The Morgan fingerprint density at radius 1 is 1.07 bits per heavy atom. The Morgan fingerprint density at radius 3 is 2.69 bits per heavy atom. The summed E-state index contributed by atoms with van der Waals surface area (Å²) in [5.41, 5.74) is 3.21. The van der Waals surface area contributed by atoms with Gasteiger partial charge in [-0.3, -0.25) is 4.79 Å². The standard InChI is InChI=1S/C20H17ClN6OS/c21-16-9-5-4-8-15(16)10-22-17(28)12-29-20-18-19(23-13-24-20)27(26-25-18)11-14-6-2-1-3-7-14/h1-9,13H,10-12H2,(H,22,28). The minimum atomic E-state index is -0.113. The van der Waals surface area contributed by atoms with Gasteiger partial charge in [0, 0.05) is 11.6 Å². The third-order valence-electron chi connectivity index (χ3n) is 4.22. The van der Waals surface area contributed by atoms with Crippen LogP contribution < -0.4 is 5.32 Å². The summed E-state index contributed by atoms with van der Waals surface area (Å²) in [6.07, 6.45) is 1.47. The fourth-order valence-electron chi connectivity index (χ4n) is 2.76. The van der Waals surface area contributed by atoms with Gasteiger partial charge < -0.3 is 5.32 Å². The van der Waals surface area contributed by atoms with Crippen LogP contribution in [0.25, 0.3) is 11.2 Å². The third-order valence-corrected chi connectivity index (χ3v) is 5.56. The number of hydrogen-bond donors (Lipinski definition) is 1. The van der Waals surface area contributed by atoms with Crippen molar-refractivity contribution in [2.75, 3.05) is 5.75 Å². The van der Waals surface area contributed by atoms with Crippen molar-refractivity contribution in [3.05, 3.63) is 77.1 Å². The molecule has 0 aliphatic heterocycles. The molecule has 4 rings (SSSR count). The number of carbonyl (C=O) groups is 1. The van der Waals surface area contributed by atoms with Crippen molar-refractivity contribution in [1.82, 2.24) is 30.3 Å². The predicted octanol–water partition coefficient (Wildman–Crippen LogP) is 3.33. The number of thioether (sulfide) groups is 1. The van der Waals surface area contributed by atoms with Gasteiger partial charge in [-0.1, -0.05) is 77.1 Å². The monoisotopic (exact) mass is 424 g/mol. The quantitative estimate of drug-likeness (QED) is 0.362. The molecule has 9 heteroatoms. The van der Waals surface area contributed by atoms with Gasteiger partial charge in [0.2, 0.25) is 5.91 Å². The van der Waals surface area contributed by atoms with Crippen molar-refractivity contribution in [3.8, 4) is 0 Å². The highest BCUT2D eigenvalue weighted by molar-refractivity contribution is 8.00. The van der Waals surface area contributed by atoms with Crippen LogP contribution in [0.3, 0.4) is 0 Å². The Balaban J connectivity index is 1.40. The van der Waals surface area contributed by atoms with Crippen LogP contribution in [0.1, 0.15) is 11.1 Å². The van der Waals surface area contributed by atoms with Crippen LogP contribution in [0.15, 0.2) is 66.0 Å². The molecule has 0 bridgehead atoms. The number of rotatable bonds is 7. The molecule has 0 spiro atoms. The molecule has 29 heavy (non-hydrogen) atoms. The second-order valence-electron chi connectivity index (χ2n) is 6.24. The topological polar surface area (TPSA) is 85.6 Å². The van der Waals surface area contributed by atoms with Gasteiger partial charge in [0.1, 0.15) is 11.4 Å². The van der Waals surface area contributed by atoms with Gasteiger partial charge in [-0.15, -0.1) is 5.10 Å². The lowest BCUT2D eigenvalue weighted by Gasteiger charge is -2.07. The van der Waals surface area contributed by atoms with E-state index in [0.717, 1.165) is 11.1 Å². The van der Waals surface area contributed by atoms with Crippen LogP contribution in [0, 0.1) is 0 Å². The van der Waals surface area contributed by atoms with Crippen LogP contribution in [0.5, 0.6) is 0 Å². The second kappa shape index (κ2) is 9.02. The molecule has 2 aromatic heterocycles. The summed E-state index contributed by atoms with van der Waals surface area (Å²) in [5.74, 6) is 0.0978. The van der Waals surface area contributed by atoms with Crippen molar-refractivity contribution < 1.29 is 4.79 Å². The van der Waals surface area contributed by atoms with Gasteiger partial charge in [-0.2, -0.15) is 0 Å². The molecule has 1 N–H and O–H groups in total. The van der Waals surface area contributed by atoms with Gasteiger partial charge in [-0.05, 0) is 17.2 Å². The number of carbonyl (C=O) groups excluding carboxylic acids is 1. The molecule has 0 aliphatic rings. The Bertz CT molecular complexity index is 1130. The first-order chi connectivity index (χ1) is 14.2. The summed E-state index contributed by atoms with van der Waals surface area (Å²) in [7, 11) is 0. The molecule has 0 radical (unpaired) electrons. The molecule has 4 aromatic rings. The first-order valence-electron chi connectivity index (χ1n) is 8.92. The normalized spacial score (nSPS) is 10.9. The fraction of sp³-hybridized carbons (Fsp3) is 0.150. The van der Waals surface area contributed by atoms with E-state index in [-0.39, 0.29) is 11.7 Å². The largest absolute Gasteiger partial charge is 0.351 e. The number of halogens is 1. The first kappa shape index (κ1) is 19.4. The summed E-state index contributed by atoms with van der Waals surface area (Å²) in [4.78, 5) is 20.8.